The van der Waals surface area contributed by atoms with Crippen molar-refractivity contribution in [3.05, 3.63) is 35.4 Å². The Balaban J connectivity index is 2.23. The second-order valence-electron chi connectivity index (χ2n) is 3.49. The molecule has 1 aliphatic carbocycles. The highest BCUT2D eigenvalue weighted by Gasteiger charge is 2.19. The summed E-state index contributed by atoms with van der Waals surface area (Å²) in [6, 6.07) is 9.09. The number of benzene rings is 1. The average molecular weight is 173 g/mol. The highest BCUT2D eigenvalue weighted by molar-refractivity contribution is 5.57. The van der Waals surface area contributed by atoms with Crippen molar-refractivity contribution in [2.45, 2.75) is 32.2 Å². The minimum atomic E-state index is 0.441. The van der Waals surface area contributed by atoms with Gasteiger partial charge in [0.1, 0.15) is 0 Å². The van der Waals surface area contributed by atoms with Crippen LogP contribution in [0.3, 0.4) is 0 Å². The van der Waals surface area contributed by atoms with Crippen molar-refractivity contribution < 1.29 is 0 Å². The van der Waals surface area contributed by atoms with Gasteiger partial charge in [0.2, 0.25) is 0 Å². The first-order valence-corrected chi connectivity index (χ1v) is 5.01. The molecule has 0 fully saturated rings. The van der Waals surface area contributed by atoms with E-state index in [0.717, 1.165) is 6.42 Å². The van der Waals surface area contributed by atoms with Crippen molar-refractivity contribution in [2.75, 3.05) is 0 Å². The van der Waals surface area contributed by atoms with Crippen molar-refractivity contribution in [3.8, 4) is 0 Å². The number of aliphatic imine (C=N–C) groups is 1. The fourth-order valence-corrected chi connectivity index (χ4v) is 1.92. The monoisotopic (exact) mass is 173 g/mol. The molecular weight excluding hydrogens is 158 g/mol. The first-order valence-electron chi connectivity index (χ1n) is 5.01. The standard InChI is InChI=1S/C12H15N/c1-2-9-13-12-8-7-10-5-3-4-6-11(10)12/h3-6,9,12H,2,7-8H2,1H3. The van der Waals surface area contributed by atoms with Crippen LogP contribution in [0.1, 0.15) is 36.9 Å². The van der Waals surface area contributed by atoms with Gasteiger partial charge in [0.25, 0.3) is 0 Å². The molecule has 0 saturated carbocycles. The zero-order valence-corrected chi connectivity index (χ0v) is 8.03. The van der Waals surface area contributed by atoms with Gasteiger partial charge in [0.15, 0.2) is 0 Å². The Morgan fingerprint density at radius 2 is 2.31 bits per heavy atom. The van der Waals surface area contributed by atoms with Crippen molar-refractivity contribution in [2.24, 2.45) is 4.99 Å². The van der Waals surface area contributed by atoms with E-state index < -0.39 is 0 Å². The zero-order valence-electron chi connectivity index (χ0n) is 8.03. The number of aryl methyl sites for hydroxylation is 1. The summed E-state index contributed by atoms with van der Waals surface area (Å²) < 4.78 is 0. The minimum absolute atomic E-state index is 0.441. The van der Waals surface area contributed by atoms with Gasteiger partial charge in [-0.2, -0.15) is 0 Å². The lowest BCUT2D eigenvalue weighted by Crippen LogP contribution is -1.88. The first kappa shape index (κ1) is 8.49. The van der Waals surface area contributed by atoms with Gasteiger partial charge in [-0.25, -0.2) is 0 Å². The minimum Gasteiger partial charge on any atom is -0.289 e. The van der Waals surface area contributed by atoms with Gasteiger partial charge >= 0.3 is 0 Å². The van der Waals surface area contributed by atoms with Crippen molar-refractivity contribution in [1.82, 2.24) is 0 Å². The first-order chi connectivity index (χ1) is 6.42. The van der Waals surface area contributed by atoms with Gasteiger partial charge in [0.05, 0.1) is 6.04 Å². The molecule has 0 aromatic heterocycles. The van der Waals surface area contributed by atoms with Gasteiger partial charge in [0, 0.05) is 0 Å². The Morgan fingerprint density at radius 3 is 3.15 bits per heavy atom. The van der Waals surface area contributed by atoms with Crippen LogP contribution in [0.25, 0.3) is 0 Å². The van der Waals surface area contributed by atoms with Crippen LogP contribution >= 0.6 is 0 Å². The molecule has 0 spiro atoms. The SMILES string of the molecule is CCC=NC1CCc2ccccc21. The molecule has 1 aromatic carbocycles. The van der Waals surface area contributed by atoms with E-state index >= 15 is 0 Å². The van der Waals surface area contributed by atoms with Crippen LogP contribution in [0, 0.1) is 0 Å². The molecule has 1 heteroatoms. The summed E-state index contributed by atoms with van der Waals surface area (Å²) >= 11 is 0. The summed E-state index contributed by atoms with van der Waals surface area (Å²) in [5.74, 6) is 0. The zero-order chi connectivity index (χ0) is 9.10. The number of hydrogen-bond donors (Lipinski definition) is 0. The molecule has 68 valence electrons. The number of nitrogens with zero attached hydrogens (tertiary/aromatic N) is 1. The lowest BCUT2D eigenvalue weighted by molar-refractivity contribution is 0.717. The maximum Gasteiger partial charge on any atom is 0.0750 e. The molecule has 1 aromatic rings. The lowest BCUT2D eigenvalue weighted by atomic mass is 10.1. The molecule has 0 bridgehead atoms. The summed E-state index contributed by atoms with van der Waals surface area (Å²) in [7, 11) is 0. The molecule has 0 saturated heterocycles. The van der Waals surface area contributed by atoms with Crippen LogP contribution in [0.15, 0.2) is 29.3 Å². The fourth-order valence-electron chi connectivity index (χ4n) is 1.92. The molecule has 0 radical (unpaired) electrons. The predicted octanol–water partition coefficient (Wildman–Crippen LogP) is 3.15. The highest BCUT2D eigenvalue weighted by atomic mass is 14.8. The summed E-state index contributed by atoms with van der Waals surface area (Å²) in [5.41, 5.74) is 2.92. The molecule has 1 aliphatic rings. The van der Waals surface area contributed by atoms with Gasteiger partial charge < -0.3 is 0 Å². The Kier molecular flexibility index (Phi) is 2.44. The molecule has 0 N–H and O–H groups in total. The van der Waals surface area contributed by atoms with Crippen molar-refractivity contribution in [1.29, 1.82) is 0 Å². The number of hydrogen-bond acceptors (Lipinski definition) is 1. The van der Waals surface area contributed by atoms with Crippen LogP contribution in [-0.2, 0) is 6.42 Å². The Labute approximate surface area is 79.5 Å². The lowest BCUT2D eigenvalue weighted by Gasteiger charge is -2.04. The van der Waals surface area contributed by atoms with Crippen LogP contribution in [0.4, 0.5) is 0 Å². The number of rotatable bonds is 2. The van der Waals surface area contributed by atoms with Gasteiger partial charge in [-0.15, -0.1) is 0 Å². The van der Waals surface area contributed by atoms with Crippen LogP contribution in [0.2, 0.25) is 0 Å². The van der Waals surface area contributed by atoms with Crippen LogP contribution < -0.4 is 0 Å². The van der Waals surface area contributed by atoms with E-state index in [-0.39, 0.29) is 0 Å². The summed E-state index contributed by atoms with van der Waals surface area (Å²) in [6.45, 7) is 2.13. The second-order valence-corrected chi connectivity index (χ2v) is 3.49. The van der Waals surface area contributed by atoms with E-state index in [1.165, 1.54) is 24.0 Å². The summed E-state index contributed by atoms with van der Waals surface area (Å²) in [5, 5.41) is 0. The van der Waals surface area contributed by atoms with E-state index in [1.54, 1.807) is 0 Å². The maximum absolute atomic E-state index is 4.56. The third-order valence-corrected chi connectivity index (χ3v) is 2.57. The average Bonchev–Trinajstić information content (AvgIpc) is 2.58. The topological polar surface area (TPSA) is 12.4 Å². The smallest absolute Gasteiger partial charge is 0.0750 e. The summed E-state index contributed by atoms with van der Waals surface area (Å²) in [4.78, 5) is 4.56. The van der Waals surface area contributed by atoms with Gasteiger partial charge in [-0.05, 0) is 36.6 Å². The third-order valence-electron chi connectivity index (χ3n) is 2.57. The maximum atomic E-state index is 4.56. The van der Waals surface area contributed by atoms with E-state index in [9.17, 15) is 0 Å². The Bertz CT molecular complexity index is 315. The Morgan fingerprint density at radius 1 is 1.46 bits per heavy atom. The van der Waals surface area contributed by atoms with E-state index in [4.69, 9.17) is 0 Å². The predicted molar refractivity (Wildman–Crippen MR) is 56.3 cm³/mol. The third kappa shape index (κ3) is 1.64. The fraction of sp³-hybridized carbons (Fsp3) is 0.417. The molecule has 2 rings (SSSR count). The van der Waals surface area contributed by atoms with Crippen LogP contribution in [-0.4, -0.2) is 6.21 Å². The van der Waals surface area contributed by atoms with Crippen molar-refractivity contribution in [3.63, 3.8) is 0 Å². The van der Waals surface area contributed by atoms with Gasteiger partial charge in [-0.1, -0.05) is 31.2 Å². The normalized spacial score (nSPS) is 20.8. The largest absolute Gasteiger partial charge is 0.289 e. The Hall–Kier alpha value is -1.11. The highest BCUT2D eigenvalue weighted by Crippen LogP contribution is 2.33. The molecule has 1 unspecified atom stereocenters. The molecule has 0 aliphatic heterocycles. The second kappa shape index (κ2) is 3.73. The molecule has 1 atom stereocenters. The van der Waals surface area contributed by atoms with E-state index in [0.29, 0.717) is 6.04 Å². The molecule has 13 heavy (non-hydrogen) atoms. The number of fused-ring (bicyclic) bond motifs is 1. The van der Waals surface area contributed by atoms with Gasteiger partial charge in [-0.3, -0.25) is 4.99 Å². The van der Waals surface area contributed by atoms with Crippen molar-refractivity contribution >= 4 is 6.21 Å². The quantitative estimate of drug-likeness (QED) is 0.609. The molecular formula is C12H15N. The molecule has 0 heterocycles. The van der Waals surface area contributed by atoms with E-state index in [2.05, 4.69) is 36.2 Å². The molecule has 0 amide bonds. The van der Waals surface area contributed by atoms with Crippen LogP contribution in [0.5, 0.6) is 0 Å². The summed E-state index contributed by atoms with van der Waals surface area (Å²) in [6.07, 6.45) is 5.46. The van der Waals surface area contributed by atoms with E-state index in [1.807, 2.05) is 6.21 Å². The molecule has 1 nitrogen and oxygen atoms in total.